The fraction of sp³-hybridized carbons (Fsp3) is 0.100. The van der Waals surface area contributed by atoms with Crippen LogP contribution in [0.15, 0.2) is 35.3 Å². The fourth-order valence-corrected chi connectivity index (χ4v) is 1.20. The molecule has 0 saturated carbocycles. The predicted molar refractivity (Wildman–Crippen MR) is 53.1 cm³/mol. The van der Waals surface area contributed by atoms with Crippen molar-refractivity contribution in [3.05, 3.63) is 46.4 Å². The van der Waals surface area contributed by atoms with Crippen molar-refractivity contribution in [1.82, 2.24) is 15.2 Å². The molecule has 0 aliphatic carbocycles. The van der Waals surface area contributed by atoms with E-state index in [0.29, 0.717) is 5.69 Å². The van der Waals surface area contributed by atoms with Gasteiger partial charge in [-0.05, 0) is 18.2 Å². The lowest BCUT2D eigenvalue weighted by atomic mass is 10.2. The van der Waals surface area contributed by atoms with E-state index in [0.717, 1.165) is 12.3 Å². The topological polar surface area (TPSA) is 58.6 Å². The Morgan fingerprint density at radius 1 is 1.06 bits per heavy atom. The first-order chi connectivity index (χ1) is 7.97. The van der Waals surface area contributed by atoms with Crippen LogP contribution in [-0.4, -0.2) is 15.2 Å². The molecule has 0 atom stereocenters. The molecule has 2 aromatic heterocycles. The number of H-pyrrole nitrogens is 1. The van der Waals surface area contributed by atoms with Gasteiger partial charge in [0.2, 0.25) is 0 Å². The van der Waals surface area contributed by atoms with E-state index in [1.54, 1.807) is 0 Å². The van der Waals surface area contributed by atoms with Crippen molar-refractivity contribution in [2.24, 2.45) is 0 Å². The minimum Gasteiger partial charge on any atom is -0.268 e. The third-order valence-electron chi connectivity index (χ3n) is 2.03. The highest BCUT2D eigenvalue weighted by molar-refractivity contribution is 5.52. The van der Waals surface area contributed by atoms with Crippen LogP contribution in [0.2, 0.25) is 0 Å². The second-order valence-corrected chi connectivity index (χ2v) is 3.24. The van der Waals surface area contributed by atoms with E-state index >= 15 is 0 Å². The molecular formula is C10H6F3N3O. The Bertz CT molecular complexity index is 554. The highest BCUT2D eigenvalue weighted by atomic mass is 19.4. The minimum absolute atomic E-state index is 0.259. The van der Waals surface area contributed by atoms with E-state index in [4.69, 9.17) is 0 Å². The minimum atomic E-state index is -4.41. The van der Waals surface area contributed by atoms with Crippen LogP contribution in [0.4, 0.5) is 13.2 Å². The maximum atomic E-state index is 12.3. The normalized spacial score (nSPS) is 11.5. The number of hydrogen-bond donors (Lipinski definition) is 1. The van der Waals surface area contributed by atoms with Gasteiger partial charge >= 0.3 is 6.18 Å². The van der Waals surface area contributed by atoms with Gasteiger partial charge in [0.15, 0.2) is 0 Å². The summed E-state index contributed by atoms with van der Waals surface area (Å²) in [7, 11) is 0. The summed E-state index contributed by atoms with van der Waals surface area (Å²) in [5.74, 6) is 0. The van der Waals surface area contributed by atoms with Crippen molar-refractivity contribution in [2.45, 2.75) is 6.18 Å². The molecule has 0 spiro atoms. The van der Waals surface area contributed by atoms with Crippen LogP contribution in [-0.2, 0) is 6.18 Å². The first-order valence-electron chi connectivity index (χ1n) is 4.56. The van der Waals surface area contributed by atoms with Gasteiger partial charge < -0.3 is 0 Å². The highest BCUT2D eigenvalue weighted by Crippen LogP contribution is 2.29. The molecule has 17 heavy (non-hydrogen) atoms. The predicted octanol–water partition coefficient (Wildman–Crippen LogP) is 1.85. The van der Waals surface area contributed by atoms with E-state index in [1.807, 2.05) is 0 Å². The molecule has 4 nitrogen and oxygen atoms in total. The number of aromatic nitrogens is 3. The fourth-order valence-electron chi connectivity index (χ4n) is 1.20. The number of hydrogen-bond acceptors (Lipinski definition) is 3. The Balaban J connectivity index is 2.36. The van der Waals surface area contributed by atoms with Crippen LogP contribution in [0.1, 0.15) is 5.56 Å². The monoisotopic (exact) mass is 241 g/mol. The number of rotatable bonds is 1. The highest BCUT2D eigenvalue weighted by Gasteiger charge is 2.30. The van der Waals surface area contributed by atoms with Gasteiger partial charge in [-0.2, -0.15) is 18.3 Å². The number of nitrogens with zero attached hydrogens (tertiary/aromatic N) is 2. The van der Waals surface area contributed by atoms with Gasteiger partial charge in [0.25, 0.3) is 5.56 Å². The lowest BCUT2D eigenvalue weighted by molar-refractivity contribution is -0.137. The number of aromatic amines is 1. The van der Waals surface area contributed by atoms with Crippen LogP contribution in [0.25, 0.3) is 11.4 Å². The third-order valence-corrected chi connectivity index (χ3v) is 2.03. The van der Waals surface area contributed by atoms with Crippen LogP contribution in [0.5, 0.6) is 0 Å². The molecule has 0 amide bonds. The molecule has 2 heterocycles. The van der Waals surface area contributed by atoms with Gasteiger partial charge in [0.05, 0.1) is 11.3 Å². The zero-order valence-electron chi connectivity index (χ0n) is 8.32. The molecule has 7 heteroatoms. The second-order valence-electron chi connectivity index (χ2n) is 3.24. The summed E-state index contributed by atoms with van der Waals surface area (Å²) >= 11 is 0. The van der Waals surface area contributed by atoms with Crippen molar-refractivity contribution in [3.8, 4) is 11.4 Å². The second kappa shape index (κ2) is 4.00. The summed E-state index contributed by atoms with van der Waals surface area (Å²) in [4.78, 5) is 14.4. The van der Waals surface area contributed by atoms with Crippen LogP contribution in [0, 0.1) is 0 Å². The van der Waals surface area contributed by atoms with Gasteiger partial charge in [-0.3, -0.25) is 9.78 Å². The molecule has 1 N–H and O–H groups in total. The van der Waals surface area contributed by atoms with Crippen molar-refractivity contribution < 1.29 is 13.2 Å². The molecule has 0 radical (unpaired) electrons. The van der Waals surface area contributed by atoms with E-state index < -0.39 is 11.7 Å². The van der Waals surface area contributed by atoms with Gasteiger partial charge in [0.1, 0.15) is 5.69 Å². The summed E-state index contributed by atoms with van der Waals surface area (Å²) in [5.41, 5.74) is -0.654. The maximum absolute atomic E-state index is 12.3. The Morgan fingerprint density at radius 2 is 1.76 bits per heavy atom. The smallest absolute Gasteiger partial charge is 0.268 e. The van der Waals surface area contributed by atoms with Crippen molar-refractivity contribution in [1.29, 1.82) is 0 Å². The van der Waals surface area contributed by atoms with E-state index in [9.17, 15) is 18.0 Å². The lowest BCUT2D eigenvalue weighted by Crippen LogP contribution is -2.07. The largest absolute Gasteiger partial charge is 0.417 e. The number of nitrogens with one attached hydrogen (secondary N) is 1. The first kappa shape index (κ1) is 11.3. The summed E-state index contributed by atoms with van der Waals surface area (Å²) in [5, 5.41) is 5.83. The molecule has 0 aliphatic rings. The molecule has 0 bridgehead atoms. The number of pyridine rings is 1. The average Bonchev–Trinajstić information content (AvgIpc) is 2.29. The molecule has 0 aliphatic heterocycles. The van der Waals surface area contributed by atoms with Gasteiger partial charge in [-0.1, -0.05) is 0 Å². The number of halogens is 3. The maximum Gasteiger partial charge on any atom is 0.417 e. The van der Waals surface area contributed by atoms with Crippen molar-refractivity contribution in [3.63, 3.8) is 0 Å². The van der Waals surface area contributed by atoms with Crippen molar-refractivity contribution >= 4 is 0 Å². The van der Waals surface area contributed by atoms with Gasteiger partial charge in [0, 0.05) is 12.3 Å². The molecule has 0 unspecified atom stereocenters. The SMILES string of the molecule is O=c1ccc(-c2ccc(C(F)(F)F)cn2)n[nH]1. The molecular weight excluding hydrogens is 235 g/mol. The standard InChI is InChI=1S/C10H6F3N3O/c11-10(12,13)6-1-2-7(14-5-6)8-3-4-9(17)16-15-8/h1-5H,(H,16,17). The Hall–Kier alpha value is -2.18. The summed E-state index contributed by atoms with van der Waals surface area (Å²) in [6.45, 7) is 0. The Labute approximate surface area is 93.1 Å². The molecule has 2 aromatic rings. The van der Waals surface area contributed by atoms with Crippen LogP contribution >= 0.6 is 0 Å². The molecule has 0 fully saturated rings. The van der Waals surface area contributed by atoms with Crippen LogP contribution in [0.3, 0.4) is 0 Å². The quantitative estimate of drug-likeness (QED) is 0.828. The molecule has 88 valence electrons. The van der Waals surface area contributed by atoms with E-state index in [1.165, 1.54) is 18.2 Å². The third kappa shape index (κ3) is 2.49. The molecule has 0 aromatic carbocycles. The van der Waals surface area contributed by atoms with Crippen LogP contribution < -0.4 is 5.56 Å². The first-order valence-corrected chi connectivity index (χ1v) is 4.56. The lowest BCUT2D eigenvalue weighted by Gasteiger charge is -2.06. The summed E-state index contributed by atoms with van der Waals surface area (Å²) < 4.78 is 36.8. The summed E-state index contributed by atoms with van der Waals surface area (Å²) in [6, 6.07) is 4.72. The van der Waals surface area contributed by atoms with E-state index in [2.05, 4.69) is 15.2 Å². The average molecular weight is 241 g/mol. The molecule has 0 saturated heterocycles. The van der Waals surface area contributed by atoms with Gasteiger partial charge in [-0.25, -0.2) is 5.10 Å². The Kier molecular flexibility index (Phi) is 2.66. The zero-order chi connectivity index (χ0) is 12.5. The van der Waals surface area contributed by atoms with Gasteiger partial charge in [-0.15, -0.1) is 0 Å². The summed E-state index contributed by atoms with van der Waals surface area (Å²) in [6.07, 6.45) is -3.69. The van der Waals surface area contributed by atoms with E-state index in [-0.39, 0.29) is 11.3 Å². The zero-order valence-corrected chi connectivity index (χ0v) is 8.32. The van der Waals surface area contributed by atoms with Crippen molar-refractivity contribution in [2.75, 3.05) is 0 Å². The molecule has 2 rings (SSSR count). The Morgan fingerprint density at radius 3 is 2.24 bits per heavy atom. The number of alkyl halides is 3.